The molecule has 1 unspecified atom stereocenters. The van der Waals surface area contributed by atoms with E-state index >= 15 is 0 Å². The predicted molar refractivity (Wildman–Crippen MR) is 125 cm³/mol. The summed E-state index contributed by atoms with van der Waals surface area (Å²) in [6.45, 7) is 13.3. The van der Waals surface area contributed by atoms with Gasteiger partial charge in [-0.2, -0.15) is 4.98 Å². The Hall–Kier alpha value is -3.00. The quantitative estimate of drug-likeness (QED) is 0.529. The number of rotatable bonds is 6. The van der Waals surface area contributed by atoms with Gasteiger partial charge in [-0.25, -0.2) is 4.98 Å². The van der Waals surface area contributed by atoms with E-state index in [1.165, 1.54) is 10.5 Å². The molecular formula is C25H35N4O4+. The second kappa shape index (κ2) is 10.3. The Morgan fingerprint density at radius 1 is 1.06 bits per heavy atom. The van der Waals surface area contributed by atoms with Gasteiger partial charge in [0, 0.05) is 20.4 Å². The number of carbonyl (C=O) groups is 2. The van der Waals surface area contributed by atoms with Crippen LogP contribution in [0.15, 0.2) is 30.3 Å². The molecule has 1 fully saturated rings. The fraction of sp³-hybridized carbons (Fsp3) is 0.520. The van der Waals surface area contributed by atoms with Crippen LogP contribution in [0.1, 0.15) is 57.6 Å². The van der Waals surface area contributed by atoms with Crippen LogP contribution in [0.5, 0.6) is 0 Å². The summed E-state index contributed by atoms with van der Waals surface area (Å²) in [5.41, 5.74) is 3.27. The molecular weight excluding hydrogens is 420 g/mol. The minimum atomic E-state index is -1.19. The van der Waals surface area contributed by atoms with Crippen molar-refractivity contribution in [2.24, 2.45) is 5.92 Å². The number of aryl methyl sites for hydroxylation is 2. The molecule has 0 bridgehead atoms. The molecule has 2 aliphatic rings. The molecule has 1 saturated heterocycles. The first-order valence-electron chi connectivity index (χ1n) is 11.7. The van der Waals surface area contributed by atoms with Crippen molar-refractivity contribution in [3.63, 3.8) is 0 Å². The SMILES string of the molecule is CC.Cc1nc(C)c2c(n1)[NH+](CCCC1C(=O)OC(C)(C)OC1=O)CN2Cc1ccccc1. The molecule has 1 N–H and O–H groups in total. The van der Waals surface area contributed by atoms with Gasteiger partial charge in [0.25, 0.3) is 11.6 Å². The van der Waals surface area contributed by atoms with Crippen LogP contribution in [-0.2, 0) is 25.6 Å². The number of quaternary nitrogens is 1. The van der Waals surface area contributed by atoms with Gasteiger partial charge in [-0.1, -0.05) is 44.2 Å². The maximum absolute atomic E-state index is 12.2. The summed E-state index contributed by atoms with van der Waals surface area (Å²) in [6.07, 6.45) is 1.07. The number of carbonyl (C=O) groups excluding carboxylic acids is 2. The van der Waals surface area contributed by atoms with Crippen molar-refractivity contribution < 1.29 is 24.0 Å². The van der Waals surface area contributed by atoms with Crippen LogP contribution in [-0.4, -0.2) is 40.9 Å². The highest BCUT2D eigenvalue weighted by Gasteiger charge is 2.43. The molecule has 1 aromatic heterocycles. The number of fused-ring (bicyclic) bond motifs is 1. The third-order valence-corrected chi connectivity index (χ3v) is 5.65. The maximum atomic E-state index is 12.2. The average molecular weight is 456 g/mol. The van der Waals surface area contributed by atoms with Gasteiger partial charge in [-0.05, 0) is 32.3 Å². The van der Waals surface area contributed by atoms with Crippen LogP contribution in [0.25, 0.3) is 0 Å². The number of aromatic nitrogens is 2. The van der Waals surface area contributed by atoms with Crippen molar-refractivity contribution in [2.45, 2.75) is 66.7 Å². The summed E-state index contributed by atoms with van der Waals surface area (Å²) in [7, 11) is 0. The van der Waals surface area contributed by atoms with E-state index in [-0.39, 0.29) is 0 Å². The van der Waals surface area contributed by atoms with Gasteiger partial charge in [-0.3, -0.25) is 14.5 Å². The Morgan fingerprint density at radius 3 is 2.33 bits per heavy atom. The van der Waals surface area contributed by atoms with Crippen LogP contribution in [0, 0.1) is 19.8 Å². The molecule has 8 heteroatoms. The highest BCUT2D eigenvalue weighted by atomic mass is 16.7. The number of esters is 2. The Labute approximate surface area is 195 Å². The maximum Gasteiger partial charge on any atom is 0.323 e. The van der Waals surface area contributed by atoms with E-state index in [9.17, 15) is 9.59 Å². The molecule has 0 amide bonds. The summed E-state index contributed by atoms with van der Waals surface area (Å²) in [5, 5.41) is 0. The second-order valence-electron chi connectivity index (χ2n) is 8.69. The van der Waals surface area contributed by atoms with E-state index in [1.807, 2.05) is 45.9 Å². The fourth-order valence-electron chi connectivity index (χ4n) is 4.35. The Bertz CT molecular complexity index is 973. The molecule has 178 valence electrons. The number of ether oxygens (including phenoxy) is 2. The van der Waals surface area contributed by atoms with Crippen molar-refractivity contribution in [3.05, 3.63) is 47.4 Å². The molecule has 8 nitrogen and oxygen atoms in total. The molecule has 1 aromatic carbocycles. The molecule has 1 atom stereocenters. The molecule has 33 heavy (non-hydrogen) atoms. The third-order valence-electron chi connectivity index (χ3n) is 5.65. The molecule has 0 aliphatic carbocycles. The Morgan fingerprint density at radius 2 is 1.70 bits per heavy atom. The lowest BCUT2D eigenvalue weighted by atomic mass is 10.0. The summed E-state index contributed by atoms with van der Waals surface area (Å²) in [4.78, 5) is 37.3. The molecule has 0 spiro atoms. The number of hydrogen-bond acceptors (Lipinski definition) is 7. The molecule has 3 heterocycles. The van der Waals surface area contributed by atoms with Gasteiger partial charge in [0.15, 0.2) is 12.6 Å². The highest BCUT2D eigenvalue weighted by molar-refractivity contribution is 5.96. The van der Waals surface area contributed by atoms with Crippen LogP contribution in [0.4, 0.5) is 11.5 Å². The molecule has 2 aliphatic heterocycles. The minimum absolute atomic E-state index is 0.397. The number of nitrogens with one attached hydrogen (secondary N) is 1. The number of anilines is 1. The average Bonchev–Trinajstić information content (AvgIpc) is 3.08. The van der Waals surface area contributed by atoms with Crippen molar-refractivity contribution in [1.82, 2.24) is 9.97 Å². The van der Waals surface area contributed by atoms with Gasteiger partial charge in [0.05, 0.1) is 12.2 Å². The monoisotopic (exact) mass is 455 g/mol. The fourth-order valence-corrected chi connectivity index (χ4v) is 4.35. The lowest BCUT2D eigenvalue weighted by Crippen LogP contribution is -3.07. The van der Waals surface area contributed by atoms with E-state index < -0.39 is 23.6 Å². The van der Waals surface area contributed by atoms with Crippen LogP contribution < -0.4 is 9.80 Å². The number of cyclic esters (lactones) is 2. The van der Waals surface area contributed by atoms with Crippen molar-refractivity contribution >= 4 is 23.4 Å². The lowest BCUT2D eigenvalue weighted by Gasteiger charge is -2.32. The van der Waals surface area contributed by atoms with Gasteiger partial charge in [0.2, 0.25) is 0 Å². The Balaban J connectivity index is 0.00000149. The van der Waals surface area contributed by atoms with E-state index in [0.29, 0.717) is 12.8 Å². The standard InChI is InChI=1S/C23H28N4O4.C2H6/c1-15-19-20(25-16(2)24-15)26(14-27(19)13-17-9-6-5-7-10-17)12-8-11-18-21(28)30-23(3,4)31-22(18)29;1-2/h5-7,9-10,18H,8,11-14H2,1-4H3;1-2H3/p+1. The van der Waals surface area contributed by atoms with Gasteiger partial charge < -0.3 is 14.4 Å². The first-order valence-corrected chi connectivity index (χ1v) is 11.7. The molecule has 4 rings (SSSR count). The third kappa shape index (κ3) is 5.68. The van der Waals surface area contributed by atoms with Crippen molar-refractivity contribution in [3.8, 4) is 0 Å². The van der Waals surface area contributed by atoms with Gasteiger partial charge in [0.1, 0.15) is 11.5 Å². The molecule has 0 saturated carbocycles. The normalized spacial score (nSPS) is 19.3. The zero-order valence-corrected chi connectivity index (χ0v) is 20.5. The highest BCUT2D eigenvalue weighted by Crippen LogP contribution is 2.30. The molecule has 0 radical (unpaired) electrons. The van der Waals surface area contributed by atoms with E-state index in [2.05, 4.69) is 22.0 Å². The van der Waals surface area contributed by atoms with Crippen molar-refractivity contribution in [2.75, 3.05) is 18.1 Å². The van der Waals surface area contributed by atoms with Crippen molar-refractivity contribution in [1.29, 1.82) is 0 Å². The van der Waals surface area contributed by atoms with Gasteiger partial charge in [-0.15, -0.1) is 0 Å². The van der Waals surface area contributed by atoms with Crippen LogP contribution in [0.3, 0.4) is 0 Å². The van der Waals surface area contributed by atoms with E-state index in [4.69, 9.17) is 14.5 Å². The van der Waals surface area contributed by atoms with Crippen LogP contribution in [0.2, 0.25) is 0 Å². The number of nitrogens with zero attached hydrogens (tertiary/aromatic N) is 3. The Kier molecular flexibility index (Phi) is 7.68. The first-order chi connectivity index (χ1) is 15.7. The summed E-state index contributed by atoms with van der Waals surface area (Å²) in [5.74, 6) is -1.32. The summed E-state index contributed by atoms with van der Waals surface area (Å²) >= 11 is 0. The first kappa shape index (κ1) is 24.6. The second-order valence-corrected chi connectivity index (χ2v) is 8.69. The summed E-state index contributed by atoms with van der Waals surface area (Å²) < 4.78 is 10.5. The zero-order chi connectivity index (χ0) is 24.2. The van der Waals surface area contributed by atoms with Gasteiger partial charge >= 0.3 is 11.9 Å². The smallest absolute Gasteiger partial charge is 0.323 e. The molecule has 2 aromatic rings. The minimum Gasteiger partial charge on any atom is -0.422 e. The predicted octanol–water partition coefficient (Wildman–Crippen LogP) is 2.85. The number of benzene rings is 1. The largest absolute Gasteiger partial charge is 0.422 e. The lowest BCUT2D eigenvalue weighted by molar-refractivity contribution is -0.828. The zero-order valence-electron chi connectivity index (χ0n) is 20.5. The van der Waals surface area contributed by atoms with E-state index in [1.54, 1.807) is 13.8 Å². The topological polar surface area (TPSA) is 86.1 Å². The van der Waals surface area contributed by atoms with E-state index in [0.717, 1.165) is 42.8 Å². The number of hydrogen-bond donors (Lipinski definition) is 1. The summed E-state index contributed by atoms with van der Waals surface area (Å²) in [6, 6.07) is 10.3. The van der Waals surface area contributed by atoms with Crippen LogP contribution >= 0.6 is 0 Å².